The number of aliphatic imine (C=N–C) groups is 2. The van der Waals surface area contributed by atoms with Crippen LogP contribution < -0.4 is 0 Å². The second-order valence-electron chi connectivity index (χ2n) is 17.2. The van der Waals surface area contributed by atoms with Crippen molar-refractivity contribution in [2.75, 3.05) is 0 Å². The molecule has 4 rings (SSSR count). The van der Waals surface area contributed by atoms with E-state index in [-0.39, 0.29) is 33.2 Å². The van der Waals surface area contributed by atoms with Crippen LogP contribution in [0.5, 0.6) is 11.5 Å². The van der Waals surface area contributed by atoms with Gasteiger partial charge in [0.1, 0.15) is 23.6 Å². The Labute approximate surface area is 289 Å². The first-order valence-corrected chi connectivity index (χ1v) is 17.1. The fourth-order valence-electron chi connectivity index (χ4n) is 5.84. The quantitative estimate of drug-likeness (QED) is 0.197. The average Bonchev–Trinajstić information content (AvgIpc) is 2.98. The normalized spacial score (nSPS) is 14.5. The Morgan fingerprint density at radius 1 is 0.458 bits per heavy atom. The number of aromatic hydroxyl groups is 2. The molecule has 254 valence electrons. The molecule has 4 nitrogen and oxygen atoms in total. The third-order valence-corrected chi connectivity index (χ3v) is 8.96. The minimum Gasteiger partial charge on any atom is -0.507 e. The van der Waals surface area contributed by atoms with Crippen LogP contribution in [-0.4, -0.2) is 22.6 Å². The number of phenols is 2. The van der Waals surface area contributed by atoms with Crippen molar-refractivity contribution in [2.24, 2.45) is 9.98 Å². The Balaban J connectivity index is 1.94. The van der Waals surface area contributed by atoms with Gasteiger partial charge in [0.25, 0.3) is 0 Å². The summed E-state index contributed by atoms with van der Waals surface area (Å²) in [6.45, 7) is 25.9. The second-order valence-corrected chi connectivity index (χ2v) is 17.2. The summed E-state index contributed by atoms with van der Waals surface area (Å²) in [5.41, 5.74) is 6.75. The van der Waals surface area contributed by atoms with Crippen molar-refractivity contribution in [3.05, 3.63) is 129 Å². The number of rotatable bonds is 7. The summed E-state index contributed by atoms with van der Waals surface area (Å²) in [7, 11) is 0. The van der Waals surface area contributed by atoms with Gasteiger partial charge in [-0.05, 0) is 56.0 Å². The van der Waals surface area contributed by atoms with Gasteiger partial charge in [-0.3, -0.25) is 9.98 Å². The lowest BCUT2D eigenvalue weighted by Gasteiger charge is -2.27. The molecule has 4 aromatic rings. The van der Waals surface area contributed by atoms with Gasteiger partial charge in [-0.25, -0.2) is 0 Å². The summed E-state index contributed by atoms with van der Waals surface area (Å²) in [6, 6.07) is 28.0. The number of nitrogens with zero attached hydrogens (tertiary/aromatic N) is 2. The van der Waals surface area contributed by atoms with Gasteiger partial charge in [-0.1, -0.05) is 156 Å². The molecule has 2 atom stereocenters. The van der Waals surface area contributed by atoms with Crippen LogP contribution in [0, 0.1) is 0 Å². The van der Waals surface area contributed by atoms with E-state index in [0.717, 1.165) is 33.4 Å². The molecule has 0 aliphatic carbocycles. The third kappa shape index (κ3) is 8.64. The second kappa shape index (κ2) is 13.7. The van der Waals surface area contributed by atoms with Crippen molar-refractivity contribution in [3.8, 4) is 11.5 Å². The molecule has 0 amide bonds. The van der Waals surface area contributed by atoms with Crippen LogP contribution in [0.25, 0.3) is 0 Å². The number of benzene rings is 4. The van der Waals surface area contributed by atoms with Gasteiger partial charge in [-0.2, -0.15) is 0 Å². The Kier molecular flexibility index (Phi) is 10.5. The zero-order valence-electron chi connectivity index (χ0n) is 31.2. The zero-order chi connectivity index (χ0) is 35.7. The topological polar surface area (TPSA) is 65.2 Å². The molecule has 0 heterocycles. The fraction of sp³-hybridized carbons (Fsp3) is 0.409. The number of hydrogen-bond acceptors (Lipinski definition) is 4. The lowest BCUT2D eigenvalue weighted by molar-refractivity contribution is 0.442. The van der Waals surface area contributed by atoms with E-state index in [1.54, 1.807) is 0 Å². The van der Waals surface area contributed by atoms with Gasteiger partial charge in [0.2, 0.25) is 0 Å². The number of hydrogen-bond donors (Lipinski definition) is 2. The van der Waals surface area contributed by atoms with Crippen LogP contribution in [0.3, 0.4) is 0 Å². The molecule has 0 radical (unpaired) electrons. The fourth-order valence-corrected chi connectivity index (χ4v) is 5.84. The van der Waals surface area contributed by atoms with Crippen molar-refractivity contribution in [2.45, 2.75) is 117 Å². The van der Waals surface area contributed by atoms with Crippen molar-refractivity contribution < 1.29 is 10.2 Å². The van der Waals surface area contributed by atoms with E-state index < -0.39 is 12.1 Å². The molecular weight excluding hydrogens is 588 g/mol. The van der Waals surface area contributed by atoms with Gasteiger partial charge < -0.3 is 10.2 Å². The van der Waals surface area contributed by atoms with Gasteiger partial charge in [0.05, 0.1) is 0 Å². The highest BCUT2D eigenvalue weighted by Gasteiger charge is 2.28. The molecule has 4 aromatic carbocycles. The van der Waals surface area contributed by atoms with Gasteiger partial charge in [0, 0.05) is 34.7 Å². The highest BCUT2D eigenvalue weighted by Crippen LogP contribution is 2.41. The summed E-state index contributed by atoms with van der Waals surface area (Å²) in [4.78, 5) is 10.5. The van der Waals surface area contributed by atoms with Crippen LogP contribution in [0.15, 0.2) is 94.9 Å². The highest BCUT2D eigenvalue weighted by atomic mass is 16.3. The summed E-state index contributed by atoms with van der Waals surface area (Å²) in [6.07, 6.45) is 3.64. The third-order valence-electron chi connectivity index (χ3n) is 8.96. The largest absolute Gasteiger partial charge is 0.507 e. The van der Waals surface area contributed by atoms with Gasteiger partial charge in [-0.15, -0.1) is 0 Å². The Morgan fingerprint density at radius 2 is 0.771 bits per heavy atom. The van der Waals surface area contributed by atoms with Crippen LogP contribution in [0.2, 0.25) is 0 Å². The molecule has 2 N–H and O–H groups in total. The minimum absolute atomic E-state index is 0.110. The molecule has 0 fully saturated rings. The van der Waals surface area contributed by atoms with E-state index in [0.29, 0.717) is 11.1 Å². The predicted octanol–water partition coefficient (Wildman–Crippen LogP) is 11.3. The van der Waals surface area contributed by atoms with Crippen LogP contribution >= 0.6 is 0 Å². The molecule has 0 aromatic heterocycles. The summed E-state index contributed by atoms with van der Waals surface area (Å²) in [5, 5.41) is 23.1. The Hall–Kier alpha value is -4.18. The van der Waals surface area contributed by atoms with E-state index in [1.807, 2.05) is 48.8 Å². The molecular formula is C44H56N2O2. The van der Waals surface area contributed by atoms with Crippen molar-refractivity contribution in [1.82, 2.24) is 0 Å². The van der Waals surface area contributed by atoms with Crippen LogP contribution in [0.1, 0.15) is 140 Å². The maximum absolute atomic E-state index is 11.6. The predicted molar refractivity (Wildman–Crippen MR) is 205 cm³/mol. The summed E-state index contributed by atoms with van der Waals surface area (Å²) >= 11 is 0. The van der Waals surface area contributed by atoms with Crippen LogP contribution in [0.4, 0.5) is 0 Å². The Bertz CT molecular complexity index is 1630. The van der Waals surface area contributed by atoms with E-state index in [1.165, 1.54) is 0 Å². The van der Waals surface area contributed by atoms with Crippen LogP contribution in [-0.2, 0) is 21.7 Å². The number of phenolic OH excluding ortho intramolecular Hbond substituents is 2. The maximum Gasteiger partial charge on any atom is 0.128 e. The van der Waals surface area contributed by atoms with Crippen molar-refractivity contribution in [1.29, 1.82) is 0 Å². The van der Waals surface area contributed by atoms with Gasteiger partial charge in [0.15, 0.2) is 0 Å². The molecule has 4 heteroatoms. The molecule has 48 heavy (non-hydrogen) atoms. The van der Waals surface area contributed by atoms with E-state index in [4.69, 9.17) is 9.98 Å². The summed E-state index contributed by atoms with van der Waals surface area (Å²) < 4.78 is 0. The molecule has 0 aliphatic rings. The molecule has 0 saturated heterocycles. The maximum atomic E-state index is 11.6. The molecule has 0 aliphatic heterocycles. The molecule has 0 bridgehead atoms. The SMILES string of the molecule is CC(C)(C)c1cc(C=NC(c2ccccc2)[C@@H](N=Cc2cc(C(C)(C)C)cc(C(C)(C)C)c2O)c2ccccc2)c(O)c(C(C)(C)C)c1. The first-order valence-electron chi connectivity index (χ1n) is 17.1. The average molecular weight is 645 g/mol. The lowest BCUT2D eigenvalue weighted by Crippen LogP contribution is -2.18. The van der Waals surface area contributed by atoms with E-state index in [2.05, 4.69) is 132 Å². The highest BCUT2D eigenvalue weighted by molar-refractivity contribution is 5.86. The first kappa shape index (κ1) is 36.7. The van der Waals surface area contributed by atoms with Gasteiger partial charge >= 0.3 is 0 Å². The molecule has 0 saturated carbocycles. The van der Waals surface area contributed by atoms with E-state index >= 15 is 0 Å². The summed E-state index contributed by atoms with van der Waals surface area (Å²) in [5.74, 6) is 0.508. The zero-order valence-corrected chi connectivity index (χ0v) is 31.2. The Morgan fingerprint density at radius 3 is 1.04 bits per heavy atom. The van der Waals surface area contributed by atoms with E-state index in [9.17, 15) is 10.2 Å². The standard InChI is InChI=1S/C44H56N2O2/c1-41(2,3)33-23-31(39(47)35(25-33)43(7,8)9)27-45-37(29-19-15-13-16-20-29)38(30-21-17-14-18-22-30)46-28-32-24-34(42(4,5)6)26-36(40(32)48)44(10,11)12/h13-28,37-38,47-48H,1-12H3/t37-,38?/m0/s1. The molecule has 0 spiro atoms. The smallest absolute Gasteiger partial charge is 0.128 e. The van der Waals surface area contributed by atoms with Crippen molar-refractivity contribution in [3.63, 3.8) is 0 Å². The minimum atomic E-state index is -0.407. The first-order chi connectivity index (χ1) is 22.2. The monoisotopic (exact) mass is 644 g/mol. The van der Waals surface area contributed by atoms with Crippen molar-refractivity contribution >= 4 is 12.4 Å². The lowest BCUT2D eigenvalue weighted by atomic mass is 9.79. The molecule has 1 unspecified atom stereocenters.